The van der Waals surface area contributed by atoms with Crippen molar-refractivity contribution in [2.24, 2.45) is 4.99 Å². The number of nitrogens with one attached hydrogen (secondary N) is 2. The largest absolute Gasteiger partial charge is 0.357 e. The molecule has 0 saturated carbocycles. The topological polar surface area (TPSA) is 54.2 Å². The molecule has 0 saturated heterocycles. The van der Waals surface area contributed by atoms with Gasteiger partial charge in [0.15, 0.2) is 5.96 Å². The Labute approximate surface area is 171 Å². The second-order valence-electron chi connectivity index (χ2n) is 6.77. The van der Waals surface area contributed by atoms with Crippen LogP contribution in [-0.2, 0) is 13.0 Å². The number of hydrogen-bond donors (Lipinski definition) is 2. The minimum absolute atomic E-state index is 0.431. The second kappa shape index (κ2) is 10.7. The molecule has 0 aliphatic heterocycles. The van der Waals surface area contributed by atoms with E-state index in [1.807, 2.05) is 18.5 Å². The lowest BCUT2D eigenvalue weighted by Crippen LogP contribution is -2.38. The first-order valence-electron chi connectivity index (χ1n) is 9.85. The van der Waals surface area contributed by atoms with Crippen molar-refractivity contribution in [1.29, 1.82) is 0 Å². The van der Waals surface area contributed by atoms with Crippen molar-refractivity contribution < 1.29 is 0 Å². The summed E-state index contributed by atoms with van der Waals surface area (Å²) in [6.07, 6.45) is 4.77. The van der Waals surface area contributed by atoms with Crippen LogP contribution in [0.3, 0.4) is 0 Å². The van der Waals surface area contributed by atoms with Crippen LogP contribution in [0.5, 0.6) is 0 Å². The standard InChI is InChI=1S/C22H29N5S/c1-3-23-22(26-16-18(2)20-10-7-15-28-20)25-12-11-21-24-13-14-27(21)17-19-8-5-4-6-9-19/h4-10,13-15,18H,3,11-12,16-17H2,1-2H3,(H2,23,25,26). The third-order valence-electron chi connectivity index (χ3n) is 4.53. The summed E-state index contributed by atoms with van der Waals surface area (Å²) >= 11 is 1.79. The summed E-state index contributed by atoms with van der Waals surface area (Å²) in [5.74, 6) is 2.38. The van der Waals surface area contributed by atoms with E-state index in [-0.39, 0.29) is 0 Å². The Kier molecular flexibility index (Phi) is 7.67. The van der Waals surface area contributed by atoms with Crippen LogP contribution in [0.25, 0.3) is 0 Å². The van der Waals surface area contributed by atoms with E-state index >= 15 is 0 Å². The molecule has 28 heavy (non-hydrogen) atoms. The van der Waals surface area contributed by atoms with Gasteiger partial charge in [-0.1, -0.05) is 43.3 Å². The first-order chi connectivity index (χ1) is 13.8. The minimum Gasteiger partial charge on any atom is -0.357 e. The van der Waals surface area contributed by atoms with Gasteiger partial charge >= 0.3 is 0 Å². The van der Waals surface area contributed by atoms with Crippen LogP contribution in [0, 0.1) is 0 Å². The fourth-order valence-electron chi connectivity index (χ4n) is 3.02. The number of aromatic nitrogens is 2. The van der Waals surface area contributed by atoms with Crippen molar-refractivity contribution in [3.63, 3.8) is 0 Å². The molecule has 148 valence electrons. The van der Waals surface area contributed by atoms with Crippen LogP contribution >= 0.6 is 11.3 Å². The van der Waals surface area contributed by atoms with Crippen LogP contribution < -0.4 is 10.6 Å². The Bertz CT molecular complexity index is 839. The van der Waals surface area contributed by atoms with Gasteiger partial charge in [-0.2, -0.15) is 0 Å². The molecular formula is C22H29N5S. The van der Waals surface area contributed by atoms with Crippen LogP contribution in [0.2, 0.25) is 0 Å². The SMILES string of the molecule is CCNC(=NCC(C)c1cccs1)NCCc1nccn1Cc1ccccc1. The lowest BCUT2D eigenvalue weighted by molar-refractivity contribution is 0.691. The molecule has 1 aromatic carbocycles. The zero-order chi connectivity index (χ0) is 19.6. The first kappa shape index (κ1) is 20.1. The summed E-state index contributed by atoms with van der Waals surface area (Å²) in [5.41, 5.74) is 1.28. The van der Waals surface area contributed by atoms with E-state index in [0.29, 0.717) is 5.92 Å². The van der Waals surface area contributed by atoms with Crippen LogP contribution in [0.4, 0.5) is 0 Å². The molecule has 0 bridgehead atoms. The third kappa shape index (κ3) is 5.96. The Hall–Kier alpha value is -2.60. The molecule has 0 amide bonds. The molecule has 1 atom stereocenters. The zero-order valence-corrected chi connectivity index (χ0v) is 17.5. The van der Waals surface area contributed by atoms with Crippen LogP contribution in [0.1, 0.15) is 36.0 Å². The minimum atomic E-state index is 0.431. The maximum Gasteiger partial charge on any atom is 0.191 e. The van der Waals surface area contributed by atoms with E-state index < -0.39 is 0 Å². The average molecular weight is 396 g/mol. The second-order valence-corrected chi connectivity index (χ2v) is 7.75. The van der Waals surface area contributed by atoms with Gasteiger partial charge < -0.3 is 15.2 Å². The Morgan fingerprint density at radius 1 is 1.18 bits per heavy atom. The smallest absolute Gasteiger partial charge is 0.191 e. The number of benzene rings is 1. The van der Waals surface area contributed by atoms with Gasteiger partial charge in [0.25, 0.3) is 0 Å². The Morgan fingerprint density at radius 2 is 2.04 bits per heavy atom. The molecule has 5 nitrogen and oxygen atoms in total. The first-order valence-corrected chi connectivity index (χ1v) is 10.7. The highest BCUT2D eigenvalue weighted by Gasteiger charge is 2.07. The van der Waals surface area contributed by atoms with Crippen LogP contribution in [-0.4, -0.2) is 35.1 Å². The van der Waals surface area contributed by atoms with Gasteiger partial charge in [0.1, 0.15) is 5.82 Å². The molecule has 0 aliphatic rings. The average Bonchev–Trinajstić information content (AvgIpc) is 3.39. The number of aliphatic imine (C=N–C) groups is 1. The molecule has 2 N–H and O–H groups in total. The maximum absolute atomic E-state index is 4.75. The van der Waals surface area contributed by atoms with Crippen LogP contribution in [0.15, 0.2) is 65.2 Å². The molecule has 2 heterocycles. The lowest BCUT2D eigenvalue weighted by Gasteiger charge is -2.13. The Balaban J connectivity index is 1.52. The fourth-order valence-corrected chi connectivity index (χ4v) is 3.79. The molecule has 3 aromatic rings. The highest BCUT2D eigenvalue weighted by molar-refractivity contribution is 7.10. The highest BCUT2D eigenvalue weighted by Crippen LogP contribution is 2.20. The summed E-state index contributed by atoms with van der Waals surface area (Å²) in [7, 11) is 0. The summed E-state index contributed by atoms with van der Waals surface area (Å²) in [6, 6.07) is 14.8. The van der Waals surface area contributed by atoms with Gasteiger partial charge in [0.2, 0.25) is 0 Å². The van der Waals surface area contributed by atoms with Gasteiger partial charge in [-0.15, -0.1) is 11.3 Å². The normalized spacial score (nSPS) is 12.7. The van der Waals surface area contributed by atoms with Gasteiger partial charge in [-0.3, -0.25) is 4.99 Å². The van der Waals surface area contributed by atoms with Gasteiger partial charge in [0.05, 0.1) is 6.54 Å². The van der Waals surface area contributed by atoms with Crippen molar-refractivity contribution in [1.82, 2.24) is 20.2 Å². The zero-order valence-electron chi connectivity index (χ0n) is 16.6. The van der Waals surface area contributed by atoms with Gasteiger partial charge in [-0.25, -0.2) is 4.98 Å². The summed E-state index contributed by atoms with van der Waals surface area (Å²) in [5, 5.41) is 8.89. The van der Waals surface area contributed by atoms with Gasteiger partial charge in [-0.05, 0) is 23.9 Å². The molecule has 2 aromatic heterocycles. The quantitative estimate of drug-likeness (QED) is 0.427. The van der Waals surface area contributed by atoms with Crippen molar-refractivity contribution in [2.45, 2.75) is 32.7 Å². The lowest BCUT2D eigenvalue weighted by atomic mass is 10.1. The predicted molar refractivity (Wildman–Crippen MR) is 118 cm³/mol. The van der Waals surface area contributed by atoms with Crippen molar-refractivity contribution in [3.8, 4) is 0 Å². The number of hydrogen-bond acceptors (Lipinski definition) is 3. The van der Waals surface area contributed by atoms with E-state index in [1.165, 1.54) is 10.4 Å². The molecule has 0 aliphatic carbocycles. The molecule has 1 unspecified atom stereocenters. The van der Waals surface area contributed by atoms with E-state index in [4.69, 9.17) is 4.99 Å². The molecule has 0 fully saturated rings. The van der Waals surface area contributed by atoms with E-state index in [0.717, 1.165) is 44.4 Å². The maximum atomic E-state index is 4.75. The molecule has 0 spiro atoms. The third-order valence-corrected chi connectivity index (χ3v) is 5.64. The molecular weight excluding hydrogens is 366 g/mol. The fraction of sp³-hybridized carbons (Fsp3) is 0.364. The van der Waals surface area contributed by atoms with Crippen molar-refractivity contribution >= 4 is 17.3 Å². The number of rotatable bonds is 9. The molecule has 6 heteroatoms. The summed E-state index contributed by atoms with van der Waals surface area (Å²) in [4.78, 5) is 10.7. The number of nitrogens with zero attached hydrogens (tertiary/aromatic N) is 3. The van der Waals surface area contributed by atoms with Crippen molar-refractivity contribution in [2.75, 3.05) is 19.6 Å². The van der Waals surface area contributed by atoms with E-state index in [9.17, 15) is 0 Å². The monoisotopic (exact) mass is 395 g/mol. The summed E-state index contributed by atoms with van der Waals surface area (Å²) in [6.45, 7) is 7.58. The Morgan fingerprint density at radius 3 is 2.79 bits per heavy atom. The van der Waals surface area contributed by atoms with Gasteiger partial charge in [0, 0.05) is 49.2 Å². The summed E-state index contributed by atoms with van der Waals surface area (Å²) < 4.78 is 2.21. The number of imidazole rings is 1. The molecule has 0 radical (unpaired) electrons. The van der Waals surface area contributed by atoms with E-state index in [2.05, 4.69) is 75.8 Å². The highest BCUT2D eigenvalue weighted by atomic mass is 32.1. The molecule has 3 rings (SSSR count). The number of guanidine groups is 1. The predicted octanol–water partition coefficient (Wildman–Crippen LogP) is 3.89. The van der Waals surface area contributed by atoms with E-state index in [1.54, 1.807) is 11.3 Å². The van der Waals surface area contributed by atoms with Crippen molar-refractivity contribution in [3.05, 3.63) is 76.5 Å². The number of thiophene rings is 1.